The highest BCUT2D eigenvalue weighted by Crippen LogP contribution is 2.45. The molecular weight excluding hydrogens is 262 g/mol. The van der Waals surface area contributed by atoms with E-state index in [0.717, 1.165) is 6.04 Å². The summed E-state index contributed by atoms with van der Waals surface area (Å²) in [5, 5.41) is 3.72. The molecule has 0 spiro atoms. The second kappa shape index (κ2) is 6.19. The summed E-state index contributed by atoms with van der Waals surface area (Å²) in [4.78, 5) is 3.03. The van der Waals surface area contributed by atoms with E-state index < -0.39 is 0 Å². The largest absolute Gasteiger partial charge is 0.314 e. The van der Waals surface area contributed by atoms with Crippen LogP contribution in [0.25, 0.3) is 0 Å². The summed E-state index contributed by atoms with van der Waals surface area (Å²) in [7, 11) is 0. The van der Waals surface area contributed by atoms with Gasteiger partial charge in [0, 0.05) is 15.8 Å². The van der Waals surface area contributed by atoms with Crippen molar-refractivity contribution < 1.29 is 0 Å². The van der Waals surface area contributed by atoms with E-state index in [9.17, 15) is 0 Å². The molecule has 0 aliphatic heterocycles. The van der Waals surface area contributed by atoms with Crippen molar-refractivity contribution in [2.45, 2.75) is 77.7 Å². The maximum atomic E-state index is 3.72. The maximum absolute atomic E-state index is 3.72. The highest BCUT2D eigenvalue weighted by Gasteiger charge is 2.33. The van der Waals surface area contributed by atoms with E-state index in [1.807, 2.05) is 11.3 Å². The van der Waals surface area contributed by atoms with Crippen molar-refractivity contribution >= 4 is 11.3 Å². The average Bonchev–Trinajstić information content (AvgIpc) is 3.01. The quantitative estimate of drug-likeness (QED) is 0.745. The SMILES string of the molecule is Cc1cc(CCC2(CCNC3CC3)CCCC2)c(C)s1. The van der Waals surface area contributed by atoms with Gasteiger partial charge in [-0.3, -0.25) is 0 Å². The molecule has 0 bridgehead atoms. The van der Waals surface area contributed by atoms with Crippen molar-refractivity contribution in [3.05, 3.63) is 21.4 Å². The van der Waals surface area contributed by atoms with Gasteiger partial charge < -0.3 is 5.32 Å². The fourth-order valence-electron chi connectivity index (χ4n) is 3.91. The van der Waals surface area contributed by atoms with Gasteiger partial charge in [-0.1, -0.05) is 12.8 Å². The molecule has 1 aromatic heterocycles. The summed E-state index contributed by atoms with van der Waals surface area (Å²) in [6, 6.07) is 3.29. The third-order valence-corrected chi connectivity index (χ3v) is 6.41. The molecule has 1 N–H and O–H groups in total. The summed E-state index contributed by atoms with van der Waals surface area (Å²) in [6.07, 6.45) is 12.8. The lowest BCUT2D eigenvalue weighted by Crippen LogP contribution is -2.26. The molecule has 2 aliphatic carbocycles. The molecule has 2 heteroatoms. The summed E-state index contributed by atoms with van der Waals surface area (Å²) in [5.41, 5.74) is 2.28. The third-order valence-electron chi connectivity index (χ3n) is 5.40. The Balaban J connectivity index is 1.54. The van der Waals surface area contributed by atoms with Gasteiger partial charge in [-0.15, -0.1) is 11.3 Å². The van der Waals surface area contributed by atoms with Crippen LogP contribution in [-0.2, 0) is 6.42 Å². The molecule has 3 rings (SSSR count). The van der Waals surface area contributed by atoms with Crippen LogP contribution < -0.4 is 5.32 Å². The predicted octanol–water partition coefficient (Wildman–Crippen LogP) is 5.00. The molecule has 2 aliphatic rings. The molecular formula is C18H29NS. The molecule has 2 fully saturated rings. The Morgan fingerprint density at radius 3 is 2.55 bits per heavy atom. The van der Waals surface area contributed by atoms with Crippen molar-refractivity contribution in [2.75, 3.05) is 6.54 Å². The molecule has 2 saturated carbocycles. The number of hydrogen-bond acceptors (Lipinski definition) is 2. The molecule has 0 atom stereocenters. The molecule has 0 aromatic carbocycles. The van der Waals surface area contributed by atoms with Crippen LogP contribution in [0.3, 0.4) is 0 Å². The lowest BCUT2D eigenvalue weighted by Gasteiger charge is -2.29. The van der Waals surface area contributed by atoms with Crippen LogP contribution >= 0.6 is 11.3 Å². The zero-order chi connectivity index (χ0) is 14.0. The number of hydrogen-bond donors (Lipinski definition) is 1. The first-order valence-corrected chi connectivity index (χ1v) is 9.28. The third kappa shape index (κ3) is 3.65. The zero-order valence-corrected chi connectivity index (χ0v) is 14.0. The second-order valence-electron chi connectivity index (χ2n) is 7.12. The van der Waals surface area contributed by atoms with E-state index in [2.05, 4.69) is 25.2 Å². The number of nitrogens with one attached hydrogen (secondary N) is 1. The first-order chi connectivity index (χ1) is 9.67. The van der Waals surface area contributed by atoms with Crippen LogP contribution in [-0.4, -0.2) is 12.6 Å². The van der Waals surface area contributed by atoms with Crippen LogP contribution in [0.1, 0.15) is 66.7 Å². The second-order valence-corrected chi connectivity index (χ2v) is 8.58. The van der Waals surface area contributed by atoms with E-state index in [4.69, 9.17) is 0 Å². The fourth-order valence-corrected chi connectivity index (χ4v) is 4.89. The van der Waals surface area contributed by atoms with E-state index >= 15 is 0 Å². The summed E-state index contributed by atoms with van der Waals surface area (Å²) in [5.74, 6) is 0. The molecule has 0 radical (unpaired) electrons. The van der Waals surface area contributed by atoms with Gasteiger partial charge >= 0.3 is 0 Å². The van der Waals surface area contributed by atoms with Gasteiger partial charge in [-0.25, -0.2) is 0 Å². The molecule has 1 aromatic rings. The van der Waals surface area contributed by atoms with Crippen LogP contribution in [0.5, 0.6) is 0 Å². The Morgan fingerprint density at radius 2 is 1.95 bits per heavy atom. The maximum Gasteiger partial charge on any atom is 0.00682 e. The Kier molecular flexibility index (Phi) is 4.52. The van der Waals surface area contributed by atoms with Gasteiger partial charge in [0.2, 0.25) is 0 Å². The van der Waals surface area contributed by atoms with E-state index in [-0.39, 0.29) is 0 Å². The summed E-state index contributed by atoms with van der Waals surface area (Å²) < 4.78 is 0. The van der Waals surface area contributed by atoms with Crippen molar-refractivity contribution in [1.29, 1.82) is 0 Å². The van der Waals surface area contributed by atoms with E-state index in [1.54, 1.807) is 10.4 Å². The lowest BCUT2D eigenvalue weighted by atomic mass is 9.77. The Labute approximate surface area is 128 Å². The van der Waals surface area contributed by atoms with Gasteiger partial charge in [0.25, 0.3) is 0 Å². The molecule has 0 amide bonds. The molecule has 1 nitrogen and oxygen atoms in total. The number of rotatable bonds is 7. The standard InChI is InChI=1S/C18H29NS/c1-14-13-16(15(2)20-14)7-10-18(8-3-4-9-18)11-12-19-17-5-6-17/h13,17,19H,3-12H2,1-2H3. The Hall–Kier alpha value is -0.340. The summed E-state index contributed by atoms with van der Waals surface area (Å²) >= 11 is 1.97. The molecule has 112 valence electrons. The van der Waals surface area contributed by atoms with Gasteiger partial charge in [-0.05, 0) is 82.4 Å². The van der Waals surface area contributed by atoms with Gasteiger partial charge in [0.15, 0.2) is 0 Å². The van der Waals surface area contributed by atoms with Crippen molar-refractivity contribution in [3.8, 4) is 0 Å². The van der Waals surface area contributed by atoms with Crippen molar-refractivity contribution in [3.63, 3.8) is 0 Å². The van der Waals surface area contributed by atoms with Crippen LogP contribution in [0, 0.1) is 19.3 Å². The Bertz CT molecular complexity index is 438. The molecule has 0 unspecified atom stereocenters. The van der Waals surface area contributed by atoms with Crippen LogP contribution in [0.15, 0.2) is 6.07 Å². The smallest absolute Gasteiger partial charge is 0.00682 e. The number of aryl methyl sites for hydroxylation is 3. The molecule has 0 saturated heterocycles. The highest BCUT2D eigenvalue weighted by atomic mass is 32.1. The zero-order valence-electron chi connectivity index (χ0n) is 13.1. The monoisotopic (exact) mass is 291 g/mol. The first-order valence-electron chi connectivity index (χ1n) is 8.46. The topological polar surface area (TPSA) is 12.0 Å². The van der Waals surface area contributed by atoms with Crippen molar-refractivity contribution in [1.82, 2.24) is 5.32 Å². The number of thiophene rings is 1. The minimum Gasteiger partial charge on any atom is -0.314 e. The van der Waals surface area contributed by atoms with Gasteiger partial charge in [0.1, 0.15) is 0 Å². The van der Waals surface area contributed by atoms with Gasteiger partial charge in [0.05, 0.1) is 0 Å². The summed E-state index contributed by atoms with van der Waals surface area (Å²) in [6.45, 7) is 5.79. The minimum atomic E-state index is 0.657. The van der Waals surface area contributed by atoms with Crippen molar-refractivity contribution in [2.24, 2.45) is 5.41 Å². The average molecular weight is 292 g/mol. The highest BCUT2D eigenvalue weighted by molar-refractivity contribution is 7.12. The van der Waals surface area contributed by atoms with Crippen LogP contribution in [0.2, 0.25) is 0 Å². The van der Waals surface area contributed by atoms with Crippen LogP contribution in [0.4, 0.5) is 0 Å². The fraction of sp³-hybridized carbons (Fsp3) is 0.778. The minimum absolute atomic E-state index is 0.657. The first kappa shape index (κ1) is 14.6. The lowest BCUT2D eigenvalue weighted by molar-refractivity contribution is 0.245. The van der Waals surface area contributed by atoms with E-state index in [0.29, 0.717) is 5.41 Å². The molecule has 20 heavy (non-hydrogen) atoms. The predicted molar refractivity (Wildman–Crippen MR) is 88.7 cm³/mol. The normalized spacial score (nSPS) is 21.5. The molecule has 1 heterocycles. The Morgan fingerprint density at radius 1 is 1.20 bits per heavy atom. The van der Waals surface area contributed by atoms with Gasteiger partial charge in [-0.2, -0.15) is 0 Å². The van der Waals surface area contributed by atoms with E-state index in [1.165, 1.54) is 69.2 Å².